The number of rotatable bonds is 9. The van der Waals surface area contributed by atoms with Crippen LogP contribution in [0, 0.1) is 11.8 Å². The van der Waals surface area contributed by atoms with E-state index in [4.69, 9.17) is 4.74 Å². The van der Waals surface area contributed by atoms with Crippen LogP contribution in [0.4, 0.5) is 5.69 Å². The van der Waals surface area contributed by atoms with Crippen molar-refractivity contribution >= 4 is 28.4 Å². The molecule has 2 amide bonds. The molecule has 0 atom stereocenters. The van der Waals surface area contributed by atoms with E-state index in [-0.39, 0.29) is 17.7 Å². The van der Waals surface area contributed by atoms with E-state index in [1.54, 1.807) is 7.11 Å². The molecule has 1 aromatic heterocycles. The van der Waals surface area contributed by atoms with E-state index < -0.39 is 0 Å². The Morgan fingerprint density at radius 3 is 2.68 bits per heavy atom. The molecule has 2 aromatic rings. The summed E-state index contributed by atoms with van der Waals surface area (Å²) in [6.07, 6.45) is 4.08. The van der Waals surface area contributed by atoms with Crippen LogP contribution in [0.25, 0.3) is 10.9 Å². The molecule has 0 saturated heterocycles. The Kier molecular flexibility index (Phi) is 6.73. The van der Waals surface area contributed by atoms with E-state index >= 15 is 0 Å². The lowest BCUT2D eigenvalue weighted by Crippen LogP contribution is -2.29. The number of anilines is 1. The van der Waals surface area contributed by atoms with Crippen LogP contribution in [0.15, 0.2) is 24.3 Å². The minimum atomic E-state index is -0.0999. The summed E-state index contributed by atoms with van der Waals surface area (Å²) in [6.45, 7) is 6.09. The number of aryl methyl sites for hydroxylation is 1. The molecule has 6 nitrogen and oxygen atoms in total. The molecule has 1 aliphatic rings. The molecule has 1 aliphatic carbocycles. The van der Waals surface area contributed by atoms with Crippen molar-refractivity contribution in [1.82, 2.24) is 9.88 Å². The summed E-state index contributed by atoms with van der Waals surface area (Å²) in [5, 5.41) is 6.90. The highest BCUT2D eigenvalue weighted by atomic mass is 16.5. The van der Waals surface area contributed by atoms with Crippen LogP contribution >= 0.6 is 0 Å². The average molecular weight is 386 g/mol. The fraction of sp³-hybridized carbons (Fsp3) is 0.545. The standard InChI is InChI=1S/C22H31N3O3/c1-15(2)9-11-25-19-8-7-18(24-21(26)16-5-4-6-16)13-17(19)14-20(25)22(27)23-10-12-28-3/h7-8,13-16H,4-6,9-12H2,1-3H3,(H,23,27)(H,24,26). The molecule has 1 heterocycles. The van der Waals surface area contributed by atoms with Crippen molar-refractivity contribution in [3.05, 3.63) is 30.0 Å². The van der Waals surface area contributed by atoms with Gasteiger partial charge >= 0.3 is 0 Å². The molecule has 0 radical (unpaired) electrons. The van der Waals surface area contributed by atoms with Gasteiger partial charge in [-0.1, -0.05) is 20.3 Å². The summed E-state index contributed by atoms with van der Waals surface area (Å²) >= 11 is 0. The van der Waals surface area contributed by atoms with Crippen molar-refractivity contribution in [3.8, 4) is 0 Å². The van der Waals surface area contributed by atoms with Gasteiger partial charge in [0.15, 0.2) is 0 Å². The third-order valence-corrected chi connectivity index (χ3v) is 5.40. The predicted molar refractivity (Wildman–Crippen MR) is 112 cm³/mol. The maximum absolute atomic E-state index is 12.7. The molecule has 2 N–H and O–H groups in total. The van der Waals surface area contributed by atoms with E-state index in [1.807, 2.05) is 24.3 Å². The second kappa shape index (κ2) is 9.24. The van der Waals surface area contributed by atoms with E-state index in [0.29, 0.717) is 24.8 Å². The Labute approximate surface area is 166 Å². The lowest BCUT2D eigenvalue weighted by Gasteiger charge is -2.24. The fourth-order valence-corrected chi connectivity index (χ4v) is 3.44. The summed E-state index contributed by atoms with van der Waals surface area (Å²) in [5.41, 5.74) is 2.45. The topological polar surface area (TPSA) is 72.4 Å². The minimum absolute atomic E-state index is 0.0994. The number of benzene rings is 1. The average Bonchev–Trinajstić information content (AvgIpc) is 2.96. The Morgan fingerprint density at radius 1 is 1.25 bits per heavy atom. The second-order valence-electron chi connectivity index (χ2n) is 8.00. The molecular weight excluding hydrogens is 354 g/mol. The largest absolute Gasteiger partial charge is 0.383 e. The third-order valence-electron chi connectivity index (χ3n) is 5.40. The van der Waals surface area contributed by atoms with E-state index in [1.165, 1.54) is 0 Å². The first-order valence-electron chi connectivity index (χ1n) is 10.2. The van der Waals surface area contributed by atoms with Gasteiger partial charge in [-0.3, -0.25) is 9.59 Å². The van der Waals surface area contributed by atoms with Gasteiger partial charge in [-0.25, -0.2) is 0 Å². The minimum Gasteiger partial charge on any atom is -0.383 e. The number of hydrogen-bond acceptors (Lipinski definition) is 3. The number of aromatic nitrogens is 1. The lowest BCUT2D eigenvalue weighted by molar-refractivity contribution is -0.122. The molecule has 28 heavy (non-hydrogen) atoms. The zero-order chi connectivity index (χ0) is 20.1. The normalized spacial score (nSPS) is 14.3. The number of carbonyl (C=O) groups is 2. The second-order valence-corrected chi connectivity index (χ2v) is 8.00. The molecule has 0 bridgehead atoms. The first kappa shape index (κ1) is 20.4. The summed E-state index contributed by atoms with van der Waals surface area (Å²) in [5.74, 6) is 0.691. The Bertz CT molecular complexity index is 837. The highest BCUT2D eigenvalue weighted by Gasteiger charge is 2.25. The van der Waals surface area contributed by atoms with Gasteiger partial charge in [0, 0.05) is 42.7 Å². The van der Waals surface area contributed by atoms with Crippen molar-refractivity contribution in [2.24, 2.45) is 11.8 Å². The van der Waals surface area contributed by atoms with Crippen molar-refractivity contribution in [3.63, 3.8) is 0 Å². The van der Waals surface area contributed by atoms with Crippen molar-refractivity contribution in [2.45, 2.75) is 46.1 Å². The molecular formula is C22H31N3O3. The maximum atomic E-state index is 12.7. The van der Waals surface area contributed by atoms with Gasteiger partial charge in [-0.2, -0.15) is 0 Å². The number of nitrogens with zero attached hydrogens (tertiary/aromatic N) is 1. The van der Waals surface area contributed by atoms with Gasteiger partial charge in [-0.05, 0) is 49.4 Å². The molecule has 1 fully saturated rings. The first-order chi connectivity index (χ1) is 13.5. The van der Waals surface area contributed by atoms with E-state index in [0.717, 1.165) is 48.8 Å². The third kappa shape index (κ3) is 4.73. The van der Waals surface area contributed by atoms with E-state index in [9.17, 15) is 9.59 Å². The van der Waals surface area contributed by atoms with Crippen LogP contribution in [0.5, 0.6) is 0 Å². The van der Waals surface area contributed by atoms with Crippen molar-refractivity contribution in [2.75, 3.05) is 25.6 Å². The SMILES string of the molecule is COCCNC(=O)c1cc2cc(NC(=O)C3CCC3)ccc2n1CCC(C)C. The summed E-state index contributed by atoms with van der Waals surface area (Å²) in [6, 6.07) is 7.80. The monoisotopic (exact) mass is 385 g/mol. The Morgan fingerprint density at radius 2 is 2.04 bits per heavy atom. The molecule has 1 aromatic carbocycles. The number of carbonyl (C=O) groups excluding carboxylic acids is 2. The smallest absolute Gasteiger partial charge is 0.268 e. The number of ether oxygens (including phenoxy) is 1. The zero-order valence-corrected chi connectivity index (χ0v) is 17.1. The zero-order valence-electron chi connectivity index (χ0n) is 17.1. The molecule has 152 valence electrons. The summed E-state index contributed by atoms with van der Waals surface area (Å²) < 4.78 is 7.10. The number of amides is 2. The Hall–Kier alpha value is -2.34. The van der Waals surface area contributed by atoms with Gasteiger partial charge in [0.25, 0.3) is 5.91 Å². The molecule has 6 heteroatoms. The van der Waals surface area contributed by atoms with Gasteiger partial charge in [0.2, 0.25) is 5.91 Å². The number of methoxy groups -OCH3 is 1. The first-order valence-corrected chi connectivity index (χ1v) is 10.2. The number of fused-ring (bicyclic) bond motifs is 1. The van der Waals surface area contributed by atoms with Crippen LogP contribution in [0.2, 0.25) is 0 Å². The quantitative estimate of drug-likeness (QED) is 0.645. The van der Waals surface area contributed by atoms with Gasteiger partial charge in [0.05, 0.1) is 6.61 Å². The van der Waals surface area contributed by atoms with Crippen LogP contribution in [0.3, 0.4) is 0 Å². The Balaban J connectivity index is 1.85. The van der Waals surface area contributed by atoms with Crippen molar-refractivity contribution < 1.29 is 14.3 Å². The van der Waals surface area contributed by atoms with Crippen LogP contribution in [0.1, 0.15) is 50.0 Å². The summed E-state index contributed by atoms with van der Waals surface area (Å²) in [4.78, 5) is 24.9. The lowest BCUT2D eigenvalue weighted by atomic mass is 9.85. The highest BCUT2D eigenvalue weighted by molar-refractivity contribution is 6.01. The van der Waals surface area contributed by atoms with Crippen LogP contribution < -0.4 is 10.6 Å². The number of hydrogen-bond donors (Lipinski definition) is 2. The molecule has 0 aliphatic heterocycles. The molecule has 0 spiro atoms. The van der Waals surface area contributed by atoms with Crippen molar-refractivity contribution in [1.29, 1.82) is 0 Å². The number of nitrogens with one attached hydrogen (secondary N) is 2. The van der Waals surface area contributed by atoms with E-state index in [2.05, 4.69) is 29.0 Å². The van der Waals surface area contributed by atoms with Gasteiger partial charge < -0.3 is 19.9 Å². The van der Waals surface area contributed by atoms with Crippen LogP contribution in [-0.2, 0) is 16.1 Å². The molecule has 1 saturated carbocycles. The predicted octanol–water partition coefficient (Wildman–Crippen LogP) is 3.80. The fourth-order valence-electron chi connectivity index (χ4n) is 3.44. The maximum Gasteiger partial charge on any atom is 0.268 e. The van der Waals surface area contributed by atoms with Gasteiger partial charge in [-0.15, -0.1) is 0 Å². The van der Waals surface area contributed by atoms with Crippen LogP contribution in [-0.4, -0.2) is 36.6 Å². The molecule has 3 rings (SSSR count). The summed E-state index contributed by atoms with van der Waals surface area (Å²) in [7, 11) is 1.62. The molecule has 0 unspecified atom stereocenters. The van der Waals surface area contributed by atoms with Gasteiger partial charge in [0.1, 0.15) is 5.69 Å². The highest BCUT2D eigenvalue weighted by Crippen LogP contribution is 2.29.